The van der Waals surface area contributed by atoms with Crippen LogP contribution in [0.15, 0.2) is 24.3 Å². The van der Waals surface area contributed by atoms with Crippen LogP contribution in [0.1, 0.15) is 39.6 Å². The summed E-state index contributed by atoms with van der Waals surface area (Å²) in [5, 5.41) is 2.70. The molecular weight excluding hydrogens is 295 g/mol. The third kappa shape index (κ3) is 3.23. The van der Waals surface area contributed by atoms with Crippen LogP contribution >= 0.6 is 0 Å². The SMILES string of the molecule is C[C@@H](C(=O)NC(C)(C)C)n1c(C(F)(F)F)nc2ccccc21. The first-order chi connectivity index (χ1) is 10.0. The van der Waals surface area contributed by atoms with Gasteiger partial charge in [-0.05, 0) is 39.8 Å². The summed E-state index contributed by atoms with van der Waals surface area (Å²) in [4.78, 5) is 15.9. The largest absolute Gasteiger partial charge is 0.449 e. The Morgan fingerprint density at radius 1 is 1.23 bits per heavy atom. The molecule has 0 saturated carbocycles. The summed E-state index contributed by atoms with van der Waals surface area (Å²) in [6, 6.07) is 5.23. The lowest BCUT2D eigenvalue weighted by atomic mass is 10.1. The highest BCUT2D eigenvalue weighted by Gasteiger charge is 2.40. The Hall–Kier alpha value is -2.05. The van der Waals surface area contributed by atoms with E-state index < -0.39 is 29.5 Å². The van der Waals surface area contributed by atoms with Gasteiger partial charge in [0.05, 0.1) is 11.0 Å². The quantitative estimate of drug-likeness (QED) is 0.922. The van der Waals surface area contributed by atoms with Gasteiger partial charge < -0.3 is 9.88 Å². The number of amides is 1. The summed E-state index contributed by atoms with van der Waals surface area (Å²) < 4.78 is 40.6. The number of carbonyl (C=O) groups excluding carboxylic acids is 1. The minimum Gasteiger partial charge on any atom is -0.350 e. The predicted molar refractivity (Wildman–Crippen MR) is 77.3 cm³/mol. The van der Waals surface area contributed by atoms with Gasteiger partial charge in [0.15, 0.2) is 0 Å². The predicted octanol–water partition coefficient (Wildman–Crippen LogP) is 3.53. The van der Waals surface area contributed by atoms with Gasteiger partial charge in [0, 0.05) is 5.54 Å². The van der Waals surface area contributed by atoms with Crippen LogP contribution in [0.4, 0.5) is 13.2 Å². The van der Waals surface area contributed by atoms with Gasteiger partial charge in [-0.15, -0.1) is 0 Å². The topological polar surface area (TPSA) is 46.9 Å². The van der Waals surface area contributed by atoms with Crippen molar-refractivity contribution in [1.82, 2.24) is 14.9 Å². The molecule has 1 aromatic heterocycles. The van der Waals surface area contributed by atoms with Gasteiger partial charge in [0.25, 0.3) is 0 Å². The summed E-state index contributed by atoms with van der Waals surface area (Å²) in [5.41, 5.74) is -0.0308. The Bertz CT molecular complexity index is 698. The van der Waals surface area contributed by atoms with Crippen molar-refractivity contribution in [3.63, 3.8) is 0 Å². The fourth-order valence-electron chi connectivity index (χ4n) is 2.23. The van der Waals surface area contributed by atoms with E-state index in [9.17, 15) is 18.0 Å². The third-order valence-electron chi connectivity index (χ3n) is 3.11. The smallest absolute Gasteiger partial charge is 0.350 e. The standard InChI is InChI=1S/C15H18F3N3O/c1-9(12(22)20-14(2,3)4)21-11-8-6-5-7-10(11)19-13(21)15(16,17)18/h5-9H,1-4H3,(H,20,22)/t9-/m0/s1. The Morgan fingerprint density at radius 2 is 1.82 bits per heavy atom. The second-order valence-electron chi connectivity index (χ2n) is 6.21. The summed E-state index contributed by atoms with van der Waals surface area (Å²) in [6.07, 6.45) is -4.63. The number of hydrogen-bond donors (Lipinski definition) is 1. The number of rotatable bonds is 2. The van der Waals surface area contributed by atoms with E-state index in [1.165, 1.54) is 19.1 Å². The molecule has 120 valence electrons. The molecule has 4 nitrogen and oxygen atoms in total. The zero-order valence-electron chi connectivity index (χ0n) is 12.8. The first kappa shape index (κ1) is 16.3. The lowest BCUT2D eigenvalue weighted by Gasteiger charge is -2.25. The zero-order chi connectivity index (χ0) is 16.7. The second kappa shape index (κ2) is 5.30. The molecule has 22 heavy (non-hydrogen) atoms. The van der Waals surface area contributed by atoms with Crippen molar-refractivity contribution >= 4 is 16.9 Å². The van der Waals surface area contributed by atoms with E-state index in [0.717, 1.165) is 4.57 Å². The molecule has 0 aliphatic carbocycles. The molecule has 0 aliphatic heterocycles. The van der Waals surface area contributed by atoms with Crippen LogP contribution in [0.2, 0.25) is 0 Å². The number of imidazole rings is 1. The number of nitrogens with one attached hydrogen (secondary N) is 1. The van der Waals surface area contributed by atoms with Gasteiger partial charge >= 0.3 is 6.18 Å². The molecule has 1 atom stereocenters. The van der Waals surface area contributed by atoms with Crippen molar-refractivity contribution in [2.75, 3.05) is 0 Å². The highest BCUT2D eigenvalue weighted by molar-refractivity contribution is 5.84. The lowest BCUT2D eigenvalue weighted by molar-refractivity contribution is -0.148. The molecule has 7 heteroatoms. The monoisotopic (exact) mass is 313 g/mol. The lowest BCUT2D eigenvalue weighted by Crippen LogP contribution is -2.44. The number of nitrogens with zero attached hydrogens (tertiary/aromatic N) is 2. The van der Waals surface area contributed by atoms with E-state index in [1.54, 1.807) is 32.9 Å². The molecule has 0 radical (unpaired) electrons. The van der Waals surface area contributed by atoms with Gasteiger partial charge in [-0.3, -0.25) is 4.79 Å². The van der Waals surface area contributed by atoms with Crippen molar-refractivity contribution in [3.05, 3.63) is 30.1 Å². The fourth-order valence-corrected chi connectivity index (χ4v) is 2.23. The van der Waals surface area contributed by atoms with E-state index in [0.29, 0.717) is 0 Å². The van der Waals surface area contributed by atoms with Crippen molar-refractivity contribution < 1.29 is 18.0 Å². The molecule has 2 aromatic rings. The molecule has 0 aliphatic rings. The number of benzene rings is 1. The van der Waals surface area contributed by atoms with E-state index in [4.69, 9.17) is 0 Å². The normalized spacial score (nSPS) is 14.1. The molecule has 0 unspecified atom stereocenters. The molecule has 0 bridgehead atoms. The van der Waals surface area contributed by atoms with Crippen LogP contribution in [0.3, 0.4) is 0 Å². The number of hydrogen-bond acceptors (Lipinski definition) is 2. The highest BCUT2D eigenvalue weighted by atomic mass is 19.4. The van der Waals surface area contributed by atoms with E-state index in [-0.39, 0.29) is 11.0 Å². The summed E-state index contributed by atoms with van der Waals surface area (Å²) in [5.74, 6) is -1.55. The average molecular weight is 313 g/mol. The zero-order valence-corrected chi connectivity index (χ0v) is 12.8. The van der Waals surface area contributed by atoms with Crippen LogP contribution in [0, 0.1) is 0 Å². The van der Waals surface area contributed by atoms with Crippen molar-refractivity contribution in [2.45, 2.75) is 45.5 Å². The van der Waals surface area contributed by atoms with Gasteiger partial charge in [-0.25, -0.2) is 4.98 Å². The summed E-state index contributed by atoms with van der Waals surface area (Å²) in [6.45, 7) is 6.75. The Morgan fingerprint density at radius 3 is 2.36 bits per heavy atom. The van der Waals surface area contributed by atoms with Crippen molar-refractivity contribution in [2.24, 2.45) is 0 Å². The highest BCUT2D eigenvalue weighted by Crippen LogP contribution is 2.33. The molecule has 0 spiro atoms. The maximum absolute atomic E-state index is 13.2. The van der Waals surface area contributed by atoms with E-state index in [2.05, 4.69) is 10.3 Å². The number of aromatic nitrogens is 2. The number of alkyl halides is 3. The third-order valence-corrected chi connectivity index (χ3v) is 3.11. The molecule has 1 aromatic carbocycles. The minimum absolute atomic E-state index is 0.213. The van der Waals surface area contributed by atoms with Crippen LogP contribution in [0.5, 0.6) is 0 Å². The van der Waals surface area contributed by atoms with E-state index in [1.807, 2.05) is 0 Å². The Balaban J connectivity index is 2.55. The number of halogens is 3. The first-order valence-electron chi connectivity index (χ1n) is 6.87. The Kier molecular flexibility index (Phi) is 3.93. The van der Waals surface area contributed by atoms with Gasteiger partial charge in [0.1, 0.15) is 6.04 Å². The minimum atomic E-state index is -4.63. The number of carbonyl (C=O) groups is 1. The maximum Gasteiger partial charge on any atom is 0.449 e. The van der Waals surface area contributed by atoms with Crippen LogP contribution < -0.4 is 5.32 Å². The van der Waals surface area contributed by atoms with E-state index >= 15 is 0 Å². The molecule has 1 N–H and O–H groups in total. The van der Waals surface area contributed by atoms with Gasteiger partial charge in [0.2, 0.25) is 11.7 Å². The van der Waals surface area contributed by atoms with Gasteiger partial charge in [-0.1, -0.05) is 12.1 Å². The van der Waals surface area contributed by atoms with Crippen molar-refractivity contribution in [1.29, 1.82) is 0 Å². The van der Waals surface area contributed by atoms with Crippen LogP contribution in [-0.4, -0.2) is 21.0 Å². The number of para-hydroxylation sites is 2. The molecule has 2 rings (SSSR count). The molecule has 1 amide bonds. The summed E-state index contributed by atoms with van der Waals surface area (Å²) >= 11 is 0. The maximum atomic E-state index is 13.2. The molecular formula is C15H18F3N3O. The van der Waals surface area contributed by atoms with Gasteiger partial charge in [-0.2, -0.15) is 13.2 Å². The fraction of sp³-hybridized carbons (Fsp3) is 0.467. The molecule has 1 heterocycles. The molecule has 0 fully saturated rings. The first-order valence-corrected chi connectivity index (χ1v) is 6.87. The Labute approximate surface area is 126 Å². The number of fused-ring (bicyclic) bond motifs is 1. The molecule has 0 saturated heterocycles. The second-order valence-corrected chi connectivity index (χ2v) is 6.21. The average Bonchev–Trinajstić information content (AvgIpc) is 2.75. The summed E-state index contributed by atoms with van der Waals surface area (Å²) in [7, 11) is 0. The van der Waals surface area contributed by atoms with Crippen LogP contribution in [0.25, 0.3) is 11.0 Å². The van der Waals surface area contributed by atoms with Crippen LogP contribution in [-0.2, 0) is 11.0 Å². The van der Waals surface area contributed by atoms with Crippen molar-refractivity contribution in [3.8, 4) is 0 Å².